The van der Waals surface area contributed by atoms with Gasteiger partial charge < -0.3 is 10.1 Å². The van der Waals surface area contributed by atoms with Gasteiger partial charge in [0.25, 0.3) is 11.8 Å². The second kappa shape index (κ2) is 10.4. The Balaban J connectivity index is 1.36. The maximum Gasteiger partial charge on any atom is 0.294 e. The van der Waals surface area contributed by atoms with Gasteiger partial charge in [0.2, 0.25) is 0 Å². The number of para-hydroxylation sites is 2. The second-order valence-electron chi connectivity index (χ2n) is 9.52. The fraction of sp³-hybridized carbons (Fsp3) is 0.267. The van der Waals surface area contributed by atoms with Gasteiger partial charge in [0.1, 0.15) is 5.82 Å². The van der Waals surface area contributed by atoms with E-state index in [1.165, 1.54) is 17.4 Å². The van der Waals surface area contributed by atoms with E-state index in [0.717, 1.165) is 24.8 Å². The van der Waals surface area contributed by atoms with Crippen LogP contribution in [-0.2, 0) is 11.3 Å². The Morgan fingerprint density at radius 2 is 1.75 bits per heavy atom. The molecule has 0 unspecified atom stereocenters. The van der Waals surface area contributed by atoms with Gasteiger partial charge in [-0.05, 0) is 60.7 Å². The zero-order valence-electron chi connectivity index (χ0n) is 20.2. The molecule has 0 radical (unpaired) electrons. The van der Waals surface area contributed by atoms with Gasteiger partial charge in [0, 0.05) is 17.2 Å². The summed E-state index contributed by atoms with van der Waals surface area (Å²) in [5.41, 5.74) is 2.32. The number of hydrogen-bond acceptors (Lipinski definition) is 3. The number of carbonyl (C=O) groups is 2. The third kappa shape index (κ3) is 5.03. The zero-order valence-corrected chi connectivity index (χ0v) is 20.2. The van der Waals surface area contributed by atoms with Gasteiger partial charge in [-0.1, -0.05) is 62.2 Å². The molecule has 0 saturated heterocycles. The Labute approximate surface area is 210 Å². The average Bonchev–Trinajstić information content (AvgIpc) is 2.89. The van der Waals surface area contributed by atoms with Crippen molar-refractivity contribution in [2.24, 2.45) is 5.92 Å². The molecular formula is C30H29FN2O3. The highest BCUT2D eigenvalue weighted by Crippen LogP contribution is 2.36. The van der Waals surface area contributed by atoms with Crippen molar-refractivity contribution in [3.8, 4) is 5.75 Å². The summed E-state index contributed by atoms with van der Waals surface area (Å²) >= 11 is 0. The molecule has 1 N–H and O–H groups in total. The molecule has 0 bridgehead atoms. The number of fused-ring (bicyclic) bond motifs is 1. The Kier molecular flexibility index (Phi) is 6.85. The fourth-order valence-electron chi connectivity index (χ4n) is 4.88. The summed E-state index contributed by atoms with van der Waals surface area (Å²) in [4.78, 5) is 27.7. The number of hydrogen-bond donors (Lipinski definition) is 1. The SMILES string of the molecule is C[C@@H]1CCCC[C@@H]1NC(=O)c1ccc(/C=C2\Oc3ccccc3N(Cc3ccccc3F)C2=O)cc1. The van der Waals surface area contributed by atoms with Gasteiger partial charge in [-0.15, -0.1) is 0 Å². The summed E-state index contributed by atoms with van der Waals surface area (Å²) in [6.07, 6.45) is 6.17. The molecule has 2 aliphatic rings. The third-order valence-corrected chi connectivity index (χ3v) is 7.02. The van der Waals surface area contributed by atoms with E-state index in [2.05, 4.69) is 12.2 Å². The molecule has 3 aromatic rings. The lowest BCUT2D eigenvalue weighted by Crippen LogP contribution is -2.41. The number of amides is 2. The molecule has 2 amide bonds. The van der Waals surface area contributed by atoms with E-state index in [9.17, 15) is 14.0 Å². The van der Waals surface area contributed by atoms with E-state index in [1.54, 1.807) is 60.7 Å². The average molecular weight is 485 g/mol. The molecule has 5 nitrogen and oxygen atoms in total. The predicted molar refractivity (Wildman–Crippen MR) is 138 cm³/mol. The van der Waals surface area contributed by atoms with Gasteiger partial charge >= 0.3 is 0 Å². The Morgan fingerprint density at radius 1 is 1.03 bits per heavy atom. The topological polar surface area (TPSA) is 58.6 Å². The van der Waals surface area contributed by atoms with E-state index >= 15 is 0 Å². The van der Waals surface area contributed by atoms with Crippen LogP contribution in [0.1, 0.15) is 54.1 Å². The number of anilines is 1. The molecule has 5 rings (SSSR count). The van der Waals surface area contributed by atoms with Crippen molar-refractivity contribution < 1.29 is 18.7 Å². The van der Waals surface area contributed by atoms with Crippen molar-refractivity contribution >= 4 is 23.6 Å². The monoisotopic (exact) mass is 484 g/mol. The largest absolute Gasteiger partial charge is 0.449 e. The molecular weight excluding hydrogens is 455 g/mol. The minimum absolute atomic E-state index is 0.0806. The fourth-order valence-corrected chi connectivity index (χ4v) is 4.88. The first-order valence-electron chi connectivity index (χ1n) is 12.4. The summed E-state index contributed by atoms with van der Waals surface area (Å²) in [6, 6.07) is 21.0. The van der Waals surface area contributed by atoms with E-state index in [4.69, 9.17) is 4.74 Å². The molecule has 1 aliphatic carbocycles. The van der Waals surface area contributed by atoms with Crippen LogP contribution in [0.4, 0.5) is 10.1 Å². The smallest absolute Gasteiger partial charge is 0.294 e. The van der Waals surface area contributed by atoms with Crippen LogP contribution < -0.4 is 15.0 Å². The first-order chi connectivity index (χ1) is 17.5. The predicted octanol–water partition coefficient (Wildman–Crippen LogP) is 6.10. The number of ether oxygens (including phenoxy) is 1. The molecule has 6 heteroatoms. The Bertz CT molecular complexity index is 1300. The highest BCUT2D eigenvalue weighted by Gasteiger charge is 2.31. The maximum atomic E-state index is 14.3. The van der Waals surface area contributed by atoms with Crippen molar-refractivity contribution in [3.63, 3.8) is 0 Å². The highest BCUT2D eigenvalue weighted by molar-refractivity contribution is 6.09. The molecule has 36 heavy (non-hydrogen) atoms. The van der Waals surface area contributed by atoms with Crippen molar-refractivity contribution in [2.75, 3.05) is 4.90 Å². The minimum Gasteiger partial charge on any atom is -0.449 e. The van der Waals surface area contributed by atoms with E-state index in [0.29, 0.717) is 28.5 Å². The first kappa shape index (κ1) is 23.8. The molecule has 1 heterocycles. The molecule has 1 saturated carbocycles. The summed E-state index contributed by atoms with van der Waals surface area (Å²) < 4.78 is 20.3. The number of benzene rings is 3. The molecule has 184 valence electrons. The van der Waals surface area contributed by atoms with Gasteiger partial charge in [0.05, 0.1) is 12.2 Å². The zero-order chi connectivity index (χ0) is 25.1. The first-order valence-corrected chi connectivity index (χ1v) is 12.4. The van der Waals surface area contributed by atoms with Crippen molar-refractivity contribution in [2.45, 2.75) is 45.2 Å². The number of halogens is 1. The number of carbonyl (C=O) groups excluding carboxylic acids is 2. The van der Waals surface area contributed by atoms with Crippen LogP contribution in [0.3, 0.4) is 0 Å². The van der Waals surface area contributed by atoms with Crippen molar-refractivity contribution in [1.29, 1.82) is 0 Å². The quantitative estimate of drug-likeness (QED) is 0.445. The van der Waals surface area contributed by atoms with Crippen LogP contribution in [0.15, 0.2) is 78.6 Å². The Morgan fingerprint density at radius 3 is 2.53 bits per heavy atom. The van der Waals surface area contributed by atoms with Crippen LogP contribution in [0.5, 0.6) is 5.75 Å². The van der Waals surface area contributed by atoms with Crippen LogP contribution >= 0.6 is 0 Å². The van der Waals surface area contributed by atoms with Gasteiger partial charge in [0.15, 0.2) is 11.5 Å². The lowest BCUT2D eigenvalue weighted by atomic mass is 9.86. The van der Waals surface area contributed by atoms with Crippen molar-refractivity contribution in [1.82, 2.24) is 5.32 Å². The molecule has 1 aliphatic heterocycles. The summed E-state index contributed by atoms with van der Waals surface area (Å²) in [6.45, 7) is 2.27. The van der Waals surface area contributed by atoms with Crippen LogP contribution in [-0.4, -0.2) is 17.9 Å². The van der Waals surface area contributed by atoms with Crippen molar-refractivity contribution in [3.05, 3.63) is 101 Å². The number of nitrogens with zero attached hydrogens (tertiary/aromatic N) is 1. The molecule has 2 atom stereocenters. The van der Waals surface area contributed by atoms with E-state index < -0.39 is 0 Å². The third-order valence-electron chi connectivity index (χ3n) is 7.02. The lowest BCUT2D eigenvalue weighted by molar-refractivity contribution is -0.117. The Hall–Kier alpha value is -3.93. The van der Waals surface area contributed by atoms with E-state index in [1.807, 2.05) is 12.1 Å². The van der Waals surface area contributed by atoms with Crippen LogP contribution in [0.25, 0.3) is 6.08 Å². The molecule has 3 aromatic carbocycles. The second-order valence-corrected chi connectivity index (χ2v) is 9.52. The molecule has 1 fully saturated rings. The van der Waals surface area contributed by atoms with Gasteiger partial charge in [-0.25, -0.2) is 4.39 Å². The lowest BCUT2D eigenvalue weighted by Gasteiger charge is -2.30. The molecule has 0 aromatic heterocycles. The van der Waals surface area contributed by atoms with Gasteiger partial charge in [-0.2, -0.15) is 0 Å². The van der Waals surface area contributed by atoms with Crippen LogP contribution in [0.2, 0.25) is 0 Å². The normalized spacial score (nSPS) is 20.6. The number of rotatable bonds is 5. The van der Waals surface area contributed by atoms with Crippen LogP contribution in [0, 0.1) is 11.7 Å². The molecule has 0 spiro atoms. The minimum atomic E-state index is -0.365. The summed E-state index contributed by atoms with van der Waals surface area (Å²) in [7, 11) is 0. The standard InChI is InChI=1S/C30H29FN2O3/c1-20-8-2-5-11-25(20)32-29(34)22-16-14-21(15-17-22)18-28-30(35)33(19-23-9-3-4-10-24(23)31)26-12-6-7-13-27(26)36-28/h3-4,6-7,9-10,12-18,20,25H,2,5,8,11,19H2,1H3,(H,32,34)/b28-18-/t20-,25+/m1/s1. The number of nitrogens with one attached hydrogen (secondary N) is 1. The van der Waals surface area contributed by atoms with E-state index in [-0.39, 0.29) is 36.0 Å². The highest BCUT2D eigenvalue weighted by atomic mass is 19.1. The maximum absolute atomic E-state index is 14.3. The summed E-state index contributed by atoms with van der Waals surface area (Å²) in [5, 5.41) is 3.17. The van der Waals surface area contributed by atoms with Gasteiger partial charge in [-0.3, -0.25) is 14.5 Å². The summed E-state index contributed by atoms with van der Waals surface area (Å²) in [5.74, 6) is 0.344.